The van der Waals surface area contributed by atoms with Gasteiger partial charge in [0, 0.05) is 12.3 Å². The Balaban J connectivity index is 1.87. The Morgan fingerprint density at radius 1 is 1.12 bits per heavy atom. The summed E-state index contributed by atoms with van der Waals surface area (Å²) in [5.41, 5.74) is 5.34. The Kier molecular flexibility index (Phi) is 5.78. The van der Waals surface area contributed by atoms with Crippen molar-refractivity contribution in [1.29, 1.82) is 0 Å². The second-order valence-corrected chi connectivity index (χ2v) is 8.01. The summed E-state index contributed by atoms with van der Waals surface area (Å²) in [6, 6.07) is 10.5. The fourth-order valence-electron chi connectivity index (χ4n) is 3.62. The summed E-state index contributed by atoms with van der Waals surface area (Å²) in [4.78, 5) is 29.3. The topological polar surface area (TPSA) is 103 Å². The van der Waals surface area contributed by atoms with Crippen molar-refractivity contribution in [3.8, 4) is 5.82 Å². The molecule has 0 saturated heterocycles. The lowest BCUT2D eigenvalue weighted by molar-refractivity contribution is -0.141. The van der Waals surface area contributed by atoms with E-state index in [2.05, 4.69) is 15.4 Å². The molecule has 0 aliphatic carbocycles. The molecule has 0 aliphatic heterocycles. The summed E-state index contributed by atoms with van der Waals surface area (Å²) in [7, 11) is 0. The third-order valence-corrected chi connectivity index (χ3v) is 5.53. The number of aromatic nitrogens is 3. The van der Waals surface area contributed by atoms with E-state index in [-0.39, 0.29) is 22.1 Å². The number of pyridine rings is 1. The number of hydrogen-bond donors (Lipinski definition) is 2. The number of anilines is 1. The van der Waals surface area contributed by atoms with Crippen molar-refractivity contribution in [2.24, 2.45) is 5.73 Å². The Morgan fingerprint density at radius 3 is 2.50 bits per heavy atom. The molecule has 174 valence electrons. The first kappa shape index (κ1) is 23.2. The molecule has 3 N–H and O–H groups in total. The number of halogens is 4. The van der Waals surface area contributed by atoms with Crippen molar-refractivity contribution in [2.45, 2.75) is 20.0 Å². The lowest BCUT2D eigenvalue weighted by Crippen LogP contribution is -2.22. The van der Waals surface area contributed by atoms with Crippen LogP contribution < -0.4 is 11.1 Å². The van der Waals surface area contributed by atoms with Gasteiger partial charge in [-0.15, -0.1) is 0 Å². The van der Waals surface area contributed by atoms with Crippen LogP contribution in [0, 0.1) is 13.8 Å². The van der Waals surface area contributed by atoms with Crippen molar-refractivity contribution in [1.82, 2.24) is 14.8 Å². The lowest BCUT2D eigenvalue weighted by Gasteiger charge is -2.16. The zero-order valence-corrected chi connectivity index (χ0v) is 18.6. The highest BCUT2D eigenvalue weighted by atomic mass is 35.5. The lowest BCUT2D eigenvalue weighted by atomic mass is 9.97. The first-order chi connectivity index (χ1) is 16.0. The fourth-order valence-corrected chi connectivity index (χ4v) is 3.82. The first-order valence-corrected chi connectivity index (χ1v) is 10.3. The van der Waals surface area contributed by atoms with E-state index >= 15 is 0 Å². The van der Waals surface area contributed by atoms with E-state index in [0.717, 1.165) is 16.3 Å². The number of rotatable bonds is 4. The van der Waals surface area contributed by atoms with Gasteiger partial charge >= 0.3 is 6.18 Å². The largest absolute Gasteiger partial charge is 0.435 e. The van der Waals surface area contributed by atoms with Crippen molar-refractivity contribution < 1.29 is 22.8 Å². The number of benzene rings is 2. The Labute approximate surface area is 196 Å². The molecule has 0 fully saturated rings. The maximum absolute atomic E-state index is 13.4. The monoisotopic (exact) mass is 487 g/mol. The number of nitrogens with two attached hydrogens (primary N) is 1. The molecule has 0 saturated carbocycles. The van der Waals surface area contributed by atoms with Crippen LogP contribution in [0.3, 0.4) is 0 Å². The molecule has 0 bridgehead atoms. The van der Waals surface area contributed by atoms with Gasteiger partial charge in [0.2, 0.25) is 0 Å². The van der Waals surface area contributed by atoms with Gasteiger partial charge in [-0.05, 0) is 48.4 Å². The minimum atomic E-state index is -4.82. The number of amides is 2. The molecular weight excluding hydrogens is 471 g/mol. The summed E-state index contributed by atoms with van der Waals surface area (Å²) >= 11 is 6.09. The average molecular weight is 488 g/mol. The summed E-state index contributed by atoms with van der Waals surface area (Å²) in [5.74, 6) is -1.92. The molecule has 11 heteroatoms. The molecule has 2 amide bonds. The standard InChI is InChI=1S/C23H17ClF3N5O2/c1-11-5-6-14-12(2)19(15(20(28)33)9-13(14)8-11)30-22(34)17-10-18(23(25,26)27)31-32(17)21-16(24)4-3-7-29-21/h3-10H,1-2H3,(H2,28,33)(H,30,34). The van der Waals surface area contributed by atoms with E-state index in [9.17, 15) is 22.8 Å². The highest BCUT2D eigenvalue weighted by Gasteiger charge is 2.36. The van der Waals surface area contributed by atoms with Gasteiger partial charge in [-0.1, -0.05) is 35.4 Å². The number of primary amides is 1. The molecule has 0 spiro atoms. The van der Waals surface area contributed by atoms with E-state index in [1.54, 1.807) is 6.92 Å². The number of carbonyl (C=O) groups is 2. The van der Waals surface area contributed by atoms with Crippen LogP contribution in [0.1, 0.15) is 37.7 Å². The van der Waals surface area contributed by atoms with Crippen molar-refractivity contribution in [3.05, 3.63) is 81.8 Å². The molecule has 0 unspecified atom stereocenters. The number of alkyl halides is 3. The van der Waals surface area contributed by atoms with E-state index in [1.165, 1.54) is 24.4 Å². The summed E-state index contributed by atoms with van der Waals surface area (Å²) in [6.45, 7) is 3.56. The molecule has 0 aliphatic rings. The van der Waals surface area contributed by atoms with Gasteiger partial charge in [0.15, 0.2) is 11.5 Å². The predicted molar refractivity (Wildman–Crippen MR) is 121 cm³/mol. The SMILES string of the molecule is Cc1ccc2c(C)c(NC(=O)c3cc(C(F)(F)F)nn3-c3ncccc3Cl)c(C(N)=O)cc2c1. The molecule has 0 radical (unpaired) electrons. The fraction of sp³-hybridized carbons (Fsp3) is 0.130. The Hall–Kier alpha value is -3.92. The molecule has 34 heavy (non-hydrogen) atoms. The predicted octanol–water partition coefficient (Wildman–Crippen LogP) is 5.06. The molecule has 4 rings (SSSR count). The van der Waals surface area contributed by atoms with Gasteiger partial charge in [0.05, 0.1) is 16.3 Å². The molecule has 7 nitrogen and oxygen atoms in total. The highest BCUT2D eigenvalue weighted by Crippen LogP contribution is 2.33. The zero-order chi connectivity index (χ0) is 24.8. The molecule has 2 aromatic heterocycles. The van der Waals surface area contributed by atoms with Gasteiger partial charge < -0.3 is 11.1 Å². The van der Waals surface area contributed by atoms with Crippen LogP contribution in [-0.2, 0) is 6.18 Å². The Morgan fingerprint density at radius 2 is 1.85 bits per heavy atom. The number of aryl methyl sites for hydroxylation is 2. The van der Waals surface area contributed by atoms with E-state index in [4.69, 9.17) is 17.3 Å². The normalized spacial score (nSPS) is 11.6. The number of fused-ring (bicyclic) bond motifs is 1. The van der Waals surface area contributed by atoms with Gasteiger partial charge in [0.25, 0.3) is 11.8 Å². The zero-order valence-electron chi connectivity index (χ0n) is 17.9. The summed E-state index contributed by atoms with van der Waals surface area (Å²) in [5, 5.41) is 7.50. The smallest absolute Gasteiger partial charge is 0.366 e. The van der Waals surface area contributed by atoms with Gasteiger partial charge in [-0.3, -0.25) is 9.59 Å². The average Bonchev–Trinajstić information content (AvgIpc) is 3.21. The van der Waals surface area contributed by atoms with Crippen LogP contribution in [0.4, 0.5) is 18.9 Å². The summed E-state index contributed by atoms with van der Waals surface area (Å²) in [6.07, 6.45) is -3.52. The number of carbonyl (C=O) groups excluding carboxylic acids is 2. The maximum atomic E-state index is 13.4. The van der Waals surface area contributed by atoms with Crippen LogP contribution in [0.2, 0.25) is 5.02 Å². The number of nitrogens with zero attached hydrogens (tertiary/aromatic N) is 3. The van der Waals surface area contributed by atoms with Gasteiger partial charge in [-0.2, -0.15) is 18.3 Å². The highest BCUT2D eigenvalue weighted by molar-refractivity contribution is 6.32. The minimum absolute atomic E-state index is 0.0107. The molecule has 2 aromatic carbocycles. The number of hydrogen-bond acceptors (Lipinski definition) is 4. The van der Waals surface area contributed by atoms with E-state index in [1.807, 2.05) is 25.1 Å². The van der Waals surface area contributed by atoms with Crippen molar-refractivity contribution in [2.75, 3.05) is 5.32 Å². The third kappa shape index (κ3) is 4.19. The number of nitrogens with one attached hydrogen (secondary N) is 1. The van der Waals surface area contributed by atoms with Crippen LogP contribution in [0.25, 0.3) is 16.6 Å². The molecule has 0 atom stereocenters. The second-order valence-electron chi connectivity index (χ2n) is 7.60. The molecule has 2 heterocycles. The van der Waals surface area contributed by atoms with Gasteiger partial charge in [-0.25, -0.2) is 9.67 Å². The van der Waals surface area contributed by atoms with Crippen molar-refractivity contribution in [3.63, 3.8) is 0 Å². The van der Waals surface area contributed by atoms with Gasteiger partial charge in [0.1, 0.15) is 5.69 Å². The van der Waals surface area contributed by atoms with Crippen LogP contribution in [0.15, 0.2) is 48.7 Å². The molecule has 4 aromatic rings. The van der Waals surface area contributed by atoms with Crippen molar-refractivity contribution >= 4 is 39.9 Å². The summed E-state index contributed by atoms with van der Waals surface area (Å²) < 4.78 is 40.9. The molecular formula is C23H17ClF3N5O2. The third-order valence-electron chi connectivity index (χ3n) is 5.23. The van der Waals surface area contributed by atoms with Crippen LogP contribution in [0.5, 0.6) is 0 Å². The first-order valence-electron chi connectivity index (χ1n) is 9.90. The van der Waals surface area contributed by atoms with E-state index in [0.29, 0.717) is 16.3 Å². The quantitative estimate of drug-likeness (QED) is 0.420. The van der Waals surface area contributed by atoms with E-state index < -0.39 is 29.4 Å². The van der Waals surface area contributed by atoms with Crippen LogP contribution in [-0.4, -0.2) is 26.6 Å². The Bertz CT molecular complexity index is 1460. The minimum Gasteiger partial charge on any atom is -0.366 e. The van der Waals surface area contributed by atoms with Crippen LogP contribution >= 0.6 is 11.6 Å². The second kappa shape index (κ2) is 8.45. The maximum Gasteiger partial charge on any atom is 0.435 e.